The monoisotopic (exact) mass is 477 g/mol. The molecule has 0 aromatic carbocycles. The maximum atomic E-state index is 12.8. The molecule has 0 saturated carbocycles. The summed E-state index contributed by atoms with van der Waals surface area (Å²) in [6.07, 6.45) is 2.49. The number of carbonyl (C=O) groups is 2. The van der Waals surface area contributed by atoms with Crippen molar-refractivity contribution in [2.75, 3.05) is 32.1 Å². The molecule has 0 spiro atoms. The number of anilines is 1. The third kappa shape index (κ3) is 7.26. The second kappa shape index (κ2) is 11.9. The van der Waals surface area contributed by atoms with E-state index in [-0.39, 0.29) is 36.7 Å². The topological polar surface area (TPSA) is 137 Å². The highest BCUT2D eigenvalue weighted by atomic mass is 16.5. The number of cyclic esters (lactones) is 1. The molecule has 3 atom stereocenters. The fourth-order valence-electron chi connectivity index (χ4n) is 3.57. The van der Waals surface area contributed by atoms with Crippen LogP contribution in [0.5, 0.6) is 0 Å². The van der Waals surface area contributed by atoms with Crippen molar-refractivity contribution < 1.29 is 23.6 Å². The van der Waals surface area contributed by atoms with Crippen molar-refractivity contribution in [3.63, 3.8) is 0 Å². The van der Waals surface area contributed by atoms with E-state index in [1.807, 2.05) is 13.1 Å². The number of urea groups is 1. The van der Waals surface area contributed by atoms with Gasteiger partial charge in [0, 0.05) is 39.1 Å². The highest BCUT2D eigenvalue weighted by Gasteiger charge is 2.25. The van der Waals surface area contributed by atoms with Gasteiger partial charge in [0.2, 0.25) is 0 Å². The van der Waals surface area contributed by atoms with E-state index in [2.05, 4.69) is 33.0 Å². The third-order valence-electron chi connectivity index (χ3n) is 5.78. The summed E-state index contributed by atoms with van der Waals surface area (Å²) >= 11 is 0. The molecule has 2 aromatic rings. The summed E-state index contributed by atoms with van der Waals surface area (Å²) in [4.78, 5) is 26.4. The smallest absolute Gasteiger partial charge is 0.321 e. The molecule has 0 unspecified atom stereocenters. The van der Waals surface area contributed by atoms with Gasteiger partial charge in [0.05, 0.1) is 18.9 Å². The van der Waals surface area contributed by atoms with E-state index < -0.39 is 0 Å². The van der Waals surface area contributed by atoms with Crippen molar-refractivity contribution in [1.82, 2.24) is 30.4 Å². The SMILES string of the molecule is Cc1noc(C)c1NC(=O)N(C)C[C@@H]1OCc2cn(nn2)CCCC(=O)OC[C@@H](C)NC[C@@H]1C. The van der Waals surface area contributed by atoms with Gasteiger partial charge in [0.15, 0.2) is 5.76 Å². The number of amides is 2. The second-order valence-corrected chi connectivity index (χ2v) is 8.91. The van der Waals surface area contributed by atoms with Crippen LogP contribution in [0.3, 0.4) is 0 Å². The maximum absolute atomic E-state index is 12.8. The largest absolute Gasteiger partial charge is 0.464 e. The van der Waals surface area contributed by atoms with E-state index in [9.17, 15) is 9.59 Å². The molecule has 0 fully saturated rings. The molecule has 12 heteroatoms. The Hall–Kier alpha value is -2.99. The molecule has 188 valence electrons. The zero-order chi connectivity index (χ0) is 24.7. The number of likely N-dealkylation sites (N-methyl/N-ethyl adjacent to an activating group) is 1. The van der Waals surface area contributed by atoms with Gasteiger partial charge in [0.1, 0.15) is 23.7 Å². The van der Waals surface area contributed by atoms with Crippen molar-refractivity contribution in [3.05, 3.63) is 23.3 Å². The lowest BCUT2D eigenvalue weighted by molar-refractivity contribution is -0.144. The first-order chi connectivity index (χ1) is 16.2. The lowest BCUT2D eigenvalue weighted by atomic mass is 10.0. The Labute approximate surface area is 199 Å². The van der Waals surface area contributed by atoms with Gasteiger partial charge in [-0.2, -0.15) is 0 Å². The van der Waals surface area contributed by atoms with Crippen LogP contribution < -0.4 is 10.6 Å². The predicted molar refractivity (Wildman–Crippen MR) is 123 cm³/mol. The van der Waals surface area contributed by atoms with Gasteiger partial charge in [-0.25, -0.2) is 4.79 Å². The van der Waals surface area contributed by atoms with E-state index in [1.165, 1.54) is 0 Å². The van der Waals surface area contributed by atoms with Gasteiger partial charge < -0.3 is 29.5 Å². The molecule has 0 saturated heterocycles. The summed E-state index contributed by atoms with van der Waals surface area (Å²) in [7, 11) is 1.72. The number of hydrogen-bond acceptors (Lipinski definition) is 9. The number of esters is 1. The van der Waals surface area contributed by atoms with Gasteiger partial charge in [-0.15, -0.1) is 5.10 Å². The number of nitrogens with one attached hydrogen (secondary N) is 2. The number of rotatable bonds is 3. The van der Waals surface area contributed by atoms with Gasteiger partial charge in [-0.05, 0) is 33.1 Å². The molecule has 2 amide bonds. The number of fused-ring (bicyclic) bond motifs is 2. The minimum atomic E-state index is -0.281. The predicted octanol–water partition coefficient (Wildman–Crippen LogP) is 1.88. The average molecular weight is 478 g/mol. The van der Waals surface area contributed by atoms with Gasteiger partial charge in [0.25, 0.3) is 0 Å². The summed E-state index contributed by atoms with van der Waals surface area (Å²) in [5.41, 5.74) is 1.89. The third-order valence-corrected chi connectivity index (χ3v) is 5.78. The Morgan fingerprint density at radius 2 is 2.15 bits per heavy atom. The quantitative estimate of drug-likeness (QED) is 0.635. The lowest BCUT2D eigenvalue weighted by Gasteiger charge is -2.29. The number of carbonyl (C=O) groups excluding carboxylic acids is 2. The normalized spacial score (nSPS) is 22.7. The van der Waals surface area contributed by atoms with Crippen molar-refractivity contribution in [1.29, 1.82) is 0 Å². The molecule has 12 nitrogen and oxygen atoms in total. The van der Waals surface area contributed by atoms with Gasteiger partial charge in [-0.1, -0.05) is 17.3 Å². The second-order valence-electron chi connectivity index (χ2n) is 8.91. The molecule has 3 heterocycles. The summed E-state index contributed by atoms with van der Waals surface area (Å²) in [5.74, 6) is 0.382. The Kier molecular flexibility index (Phi) is 8.99. The Bertz CT molecular complexity index is 940. The van der Waals surface area contributed by atoms with Crippen molar-refractivity contribution >= 4 is 17.7 Å². The van der Waals surface area contributed by atoms with Crippen molar-refractivity contribution in [2.45, 2.75) is 65.8 Å². The molecular weight excluding hydrogens is 442 g/mol. The highest BCUT2D eigenvalue weighted by Crippen LogP contribution is 2.19. The van der Waals surface area contributed by atoms with Crippen LogP contribution >= 0.6 is 0 Å². The molecule has 0 aliphatic carbocycles. The Morgan fingerprint density at radius 3 is 2.88 bits per heavy atom. The van der Waals surface area contributed by atoms with Crippen molar-refractivity contribution in [2.24, 2.45) is 5.92 Å². The van der Waals surface area contributed by atoms with Crippen molar-refractivity contribution in [3.8, 4) is 0 Å². The first-order valence-electron chi connectivity index (χ1n) is 11.6. The Balaban J connectivity index is 1.67. The fraction of sp³-hybridized carbons (Fsp3) is 0.682. The van der Waals surface area contributed by atoms with Crippen LogP contribution in [0.2, 0.25) is 0 Å². The summed E-state index contributed by atoms with van der Waals surface area (Å²) < 4.78 is 18.4. The highest BCUT2D eigenvalue weighted by molar-refractivity contribution is 5.90. The zero-order valence-corrected chi connectivity index (χ0v) is 20.5. The van der Waals surface area contributed by atoms with Crippen LogP contribution in [-0.4, -0.2) is 75.9 Å². The molecule has 0 radical (unpaired) electrons. The molecule has 2 N–H and O–H groups in total. The van der Waals surface area contributed by atoms with Crippen LogP contribution in [-0.2, 0) is 27.4 Å². The number of ether oxygens (including phenoxy) is 2. The molecule has 3 rings (SSSR count). The van der Waals surface area contributed by atoms with E-state index in [0.29, 0.717) is 61.9 Å². The maximum Gasteiger partial charge on any atom is 0.321 e. The molecular formula is C22H35N7O5. The number of hydrogen-bond donors (Lipinski definition) is 2. The zero-order valence-electron chi connectivity index (χ0n) is 20.5. The summed E-state index contributed by atoms with van der Waals surface area (Å²) in [5, 5.41) is 18.4. The van der Waals surface area contributed by atoms with E-state index >= 15 is 0 Å². The van der Waals surface area contributed by atoms with Crippen LogP contribution in [0.15, 0.2) is 10.7 Å². The first-order valence-corrected chi connectivity index (χ1v) is 11.6. The number of aryl methyl sites for hydroxylation is 3. The van der Waals surface area contributed by atoms with E-state index in [0.717, 1.165) is 0 Å². The first kappa shape index (κ1) is 25.6. The van der Waals surface area contributed by atoms with E-state index in [4.69, 9.17) is 14.0 Å². The lowest BCUT2D eigenvalue weighted by Crippen LogP contribution is -2.44. The molecule has 1 aliphatic rings. The van der Waals surface area contributed by atoms with Crippen LogP contribution in [0, 0.1) is 19.8 Å². The standard InChI is InChI=1S/C22H35N7O5/c1-14-9-23-15(2)12-33-20(30)7-6-8-29-10-18(25-27-29)13-32-19(14)11-28(5)22(31)24-21-16(3)26-34-17(21)4/h10,14-15,19,23H,6-9,11-13H2,1-5H3,(H,24,31)/t14-,15+,19-/m0/s1. The van der Waals surface area contributed by atoms with Gasteiger partial charge >= 0.3 is 12.0 Å². The molecule has 34 heavy (non-hydrogen) atoms. The van der Waals surface area contributed by atoms with Crippen LogP contribution in [0.1, 0.15) is 43.8 Å². The fourth-order valence-corrected chi connectivity index (χ4v) is 3.57. The van der Waals surface area contributed by atoms with E-state index in [1.54, 1.807) is 30.5 Å². The molecule has 1 aliphatic heterocycles. The summed E-state index contributed by atoms with van der Waals surface area (Å²) in [6, 6.07) is -0.287. The van der Waals surface area contributed by atoms with Crippen LogP contribution in [0.4, 0.5) is 10.5 Å². The Morgan fingerprint density at radius 1 is 1.35 bits per heavy atom. The molecule has 2 bridgehead atoms. The minimum Gasteiger partial charge on any atom is -0.464 e. The number of nitrogens with zero attached hydrogens (tertiary/aromatic N) is 5. The average Bonchev–Trinajstić information content (AvgIpc) is 3.39. The van der Waals surface area contributed by atoms with Crippen LogP contribution in [0.25, 0.3) is 0 Å². The summed E-state index contributed by atoms with van der Waals surface area (Å²) in [6.45, 7) is 9.66. The number of aromatic nitrogens is 4. The minimum absolute atomic E-state index is 0.00633. The van der Waals surface area contributed by atoms with Gasteiger partial charge in [-0.3, -0.25) is 9.48 Å². The molecule has 2 aromatic heterocycles.